The molecule has 4 nitrogen and oxygen atoms in total. The Balaban J connectivity index is 1.79. The van der Waals surface area contributed by atoms with E-state index in [2.05, 4.69) is 79.5 Å². The summed E-state index contributed by atoms with van der Waals surface area (Å²) in [4.78, 5) is 6.70. The standard InChI is InChI=1S/C25H31N3O/c1-17-6-7-22-20(12-17)21-14-27(5)15-24(3)13-18(2)29-25(4,16-28(22)23(21)24)19-8-10-26-11-9-19/h6-12,18H,13-16H2,1-5H3. The lowest BCUT2D eigenvalue weighted by Crippen LogP contribution is -2.49. The highest BCUT2D eigenvalue weighted by molar-refractivity contribution is 5.87. The average Bonchev–Trinajstić information content (AvgIpc) is 2.94. The first kappa shape index (κ1) is 18.8. The molecule has 0 saturated heterocycles. The third kappa shape index (κ3) is 2.92. The second-order valence-corrected chi connectivity index (χ2v) is 9.77. The van der Waals surface area contributed by atoms with Crippen LogP contribution in [0, 0.1) is 6.92 Å². The summed E-state index contributed by atoms with van der Waals surface area (Å²) < 4.78 is 9.37. The van der Waals surface area contributed by atoms with Gasteiger partial charge in [-0.1, -0.05) is 18.6 Å². The molecule has 0 spiro atoms. The molecule has 2 aliphatic rings. The number of pyridine rings is 1. The van der Waals surface area contributed by atoms with Crippen LogP contribution in [-0.2, 0) is 28.8 Å². The van der Waals surface area contributed by atoms with Gasteiger partial charge >= 0.3 is 0 Å². The lowest BCUT2D eigenvalue weighted by molar-refractivity contribution is -0.108. The molecule has 4 heterocycles. The predicted octanol–water partition coefficient (Wildman–Crippen LogP) is 4.77. The quantitative estimate of drug-likeness (QED) is 0.600. The van der Waals surface area contributed by atoms with Crippen molar-refractivity contribution in [3.63, 3.8) is 0 Å². The highest BCUT2D eigenvalue weighted by Gasteiger charge is 2.45. The van der Waals surface area contributed by atoms with Crippen molar-refractivity contribution in [2.75, 3.05) is 13.6 Å². The van der Waals surface area contributed by atoms with Crippen LogP contribution in [0.4, 0.5) is 0 Å². The van der Waals surface area contributed by atoms with E-state index in [-0.39, 0.29) is 11.5 Å². The lowest BCUT2D eigenvalue weighted by atomic mass is 9.75. The van der Waals surface area contributed by atoms with Crippen LogP contribution in [0.15, 0.2) is 42.7 Å². The summed E-state index contributed by atoms with van der Waals surface area (Å²) in [6.45, 7) is 12.0. The normalized spacial score (nSPS) is 30.0. The van der Waals surface area contributed by atoms with Gasteiger partial charge in [-0.3, -0.25) is 4.98 Å². The monoisotopic (exact) mass is 389 g/mol. The third-order valence-electron chi connectivity index (χ3n) is 6.89. The fourth-order valence-corrected chi connectivity index (χ4v) is 6.03. The molecule has 0 aliphatic carbocycles. The number of hydrogen-bond donors (Lipinski definition) is 0. The molecule has 0 radical (unpaired) electrons. The zero-order valence-electron chi connectivity index (χ0n) is 18.2. The summed E-state index contributed by atoms with van der Waals surface area (Å²) in [6, 6.07) is 11.1. The van der Waals surface area contributed by atoms with Crippen LogP contribution in [0.2, 0.25) is 0 Å². The number of fused-ring (bicyclic) bond motifs is 3. The van der Waals surface area contributed by atoms with E-state index in [1.54, 1.807) is 0 Å². The van der Waals surface area contributed by atoms with Gasteiger partial charge in [-0.05, 0) is 69.6 Å². The van der Waals surface area contributed by atoms with E-state index in [0.29, 0.717) is 0 Å². The minimum absolute atomic E-state index is 0.0776. The van der Waals surface area contributed by atoms with Crippen molar-refractivity contribution in [2.24, 2.45) is 0 Å². The fraction of sp³-hybridized carbons (Fsp3) is 0.480. The molecule has 4 heteroatoms. The van der Waals surface area contributed by atoms with Crippen molar-refractivity contribution in [1.29, 1.82) is 0 Å². The number of ether oxygens (including phenoxy) is 1. The number of aromatic nitrogens is 2. The van der Waals surface area contributed by atoms with Gasteiger partial charge < -0.3 is 14.2 Å². The van der Waals surface area contributed by atoms with Gasteiger partial charge in [-0.25, -0.2) is 0 Å². The van der Waals surface area contributed by atoms with E-state index in [9.17, 15) is 0 Å². The average molecular weight is 390 g/mol. The molecule has 2 aliphatic heterocycles. The summed E-state index contributed by atoms with van der Waals surface area (Å²) in [7, 11) is 2.25. The van der Waals surface area contributed by atoms with Crippen LogP contribution in [0.3, 0.4) is 0 Å². The highest BCUT2D eigenvalue weighted by Crippen LogP contribution is 2.46. The molecule has 3 atom stereocenters. The maximum Gasteiger partial charge on any atom is 0.109 e. The zero-order valence-corrected chi connectivity index (χ0v) is 18.2. The maximum atomic E-state index is 6.79. The molecule has 5 rings (SSSR count). The maximum absolute atomic E-state index is 6.79. The molecule has 0 amide bonds. The summed E-state index contributed by atoms with van der Waals surface area (Å²) in [6.07, 6.45) is 4.93. The first-order valence-corrected chi connectivity index (χ1v) is 10.7. The zero-order chi connectivity index (χ0) is 20.4. The number of rotatable bonds is 1. The van der Waals surface area contributed by atoms with Crippen molar-refractivity contribution in [1.82, 2.24) is 14.5 Å². The molecule has 2 aromatic heterocycles. The predicted molar refractivity (Wildman–Crippen MR) is 117 cm³/mol. The molecule has 0 saturated carbocycles. The van der Waals surface area contributed by atoms with Crippen molar-refractivity contribution in [3.05, 3.63) is 65.1 Å². The largest absolute Gasteiger partial charge is 0.366 e. The van der Waals surface area contributed by atoms with Crippen molar-refractivity contribution in [3.8, 4) is 0 Å². The van der Waals surface area contributed by atoms with Crippen LogP contribution in [0.5, 0.6) is 0 Å². The topological polar surface area (TPSA) is 30.3 Å². The molecule has 1 aromatic carbocycles. The van der Waals surface area contributed by atoms with E-state index in [1.165, 1.54) is 33.3 Å². The van der Waals surface area contributed by atoms with Gasteiger partial charge in [-0.2, -0.15) is 0 Å². The van der Waals surface area contributed by atoms with Gasteiger partial charge in [-0.15, -0.1) is 0 Å². The molecule has 3 unspecified atom stereocenters. The molecule has 0 fully saturated rings. The minimum Gasteiger partial charge on any atom is -0.366 e. The van der Waals surface area contributed by atoms with Crippen molar-refractivity contribution in [2.45, 2.75) is 64.3 Å². The molecule has 152 valence electrons. The highest BCUT2D eigenvalue weighted by atomic mass is 16.5. The molecule has 3 aromatic rings. The Kier molecular flexibility index (Phi) is 4.17. The number of benzene rings is 1. The fourth-order valence-electron chi connectivity index (χ4n) is 6.03. The number of nitrogens with zero attached hydrogens (tertiary/aromatic N) is 3. The Hall–Kier alpha value is -2.17. The Bertz CT molecular complexity index is 1070. The van der Waals surface area contributed by atoms with Crippen molar-refractivity contribution >= 4 is 10.9 Å². The van der Waals surface area contributed by atoms with Gasteiger partial charge in [0.1, 0.15) is 5.60 Å². The first-order chi connectivity index (χ1) is 13.8. The van der Waals surface area contributed by atoms with E-state index >= 15 is 0 Å². The Morgan fingerprint density at radius 1 is 1.10 bits per heavy atom. The summed E-state index contributed by atoms with van der Waals surface area (Å²) in [5, 5.41) is 1.41. The Labute approximate surface area is 173 Å². The second-order valence-electron chi connectivity index (χ2n) is 9.77. The number of aryl methyl sites for hydroxylation is 1. The van der Waals surface area contributed by atoms with E-state index in [0.717, 1.165) is 26.1 Å². The first-order valence-electron chi connectivity index (χ1n) is 10.7. The van der Waals surface area contributed by atoms with Gasteiger partial charge in [0.15, 0.2) is 0 Å². The molecular weight excluding hydrogens is 358 g/mol. The summed E-state index contributed by atoms with van der Waals surface area (Å²) in [5.41, 5.74) is 6.56. The third-order valence-corrected chi connectivity index (χ3v) is 6.89. The Morgan fingerprint density at radius 3 is 2.62 bits per heavy atom. The molecule has 0 bridgehead atoms. The number of hydrogen-bond acceptors (Lipinski definition) is 3. The molecular formula is C25H31N3O. The van der Waals surface area contributed by atoms with E-state index < -0.39 is 5.60 Å². The van der Waals surface area contributed by atoms with E-state index in [4.69, 9.17) is 4.74 Å². The summed E-state index contributed by atoms with van der Waals surface area (Å²) >= 11 is 0. The van der Waals surface area contributed by atoms with Gasteiger partial charge in [0.2, 0.25) is 0 Å². The van der Waals surface area contributed by atoms with Gasteiger partial charge in [0.25, 0.3) is 0 Å². The van der Waals surface area contributed by atoms with Gasteiger partial charge in [0.05, 0.1) is 12.6 Å². The van der Waals surface area contributed by atoms with Crippen LogP contribution in [0.25, 0.3) is 10.9 Å². The lowest BCUT2D eigenvalue weighted by Gasteiger charge is -2.46. The minimum atomic E-state index is -0.391. The van der Waals surface area contributed by atoms with Crippen LogP contribution in [0.1, 0.15) is 49.6 Å². The second kappa shape index (κ2) is 6.41. The van der Waals surface area contributed by atoms with Crippen LogP contribution >= 0.6 is 0 Å². The van der Waals surface area contributed by atoms with E-state index in [1.807, 2.05) is 12.4 Å². The Morgan fingerprint density at radius 2 is 1.86 bits per heavy atom. The van der Waals surface area contributed by atoms with Crippen LogP contribution in [-0.4, -0.2) is 34.1 Å². The number of likely N-dealkylation sites (N-methyl/N-ethyl adjacent to an activating group) is 1. The molecule has 29 heavy (non-hydrogen) atoms. The van der Waals surface area contributed by atoms with Crippen molar-refractivity contribution < 1.29 is 4.74 Å². The van der Waals surface area contributed by atoms with Gasteiger partial charge in [0, 0.05) is 47.5 Å². The smallest absolute Gasteiger partial charge is 0.109 e. The SMILES string of the molecule is Cc1ccc2c(c1)c1c3n2CC(C)(c2ccncc2)OC(C)CC3(C)CN(C)C1. The summed E-state index contributed by atoms with van der Waals surface area (Å²) in [5.74, 6) is 0. The molecule has 0 N–H and O–H groups in total. The van der Waals surface area contributed by atoms with Crippen LogP contribution < -0.4 is 0 Å².